The van der Waals surface area contributed by atoms with Gasteiger partial charge in [0.25, 0.3) is 5.69 Å². The van der Waals surface area contributed by atoms with Gasteiger partial charge in [-0.2, -0.15) is 0 Å². The highest BCUT2D eigenvalue weighted by atomic mass is 19.1. The van der Waals surface area contributed by atoms with Crippen molar-refractivity contribution in [2.75, 3.05) is 25.5 Å². The van der Waals surface area contributed by atoms with Crippen LogP contribution in [0.3, 0.4) is 0 Å². The third kappa shape index (κ3) is 3.66. The number of hydrogen-bond donors (Lipinski definition) is 1. The number of halogens is 2. The Bertz CT molecular complexity index is 539. The van der Waals surface area contributed by atoms with E-state index in [9.17, 15) is 18.9 Å². The maximum absolute atomic E-state index is 13.9. The highest BCUT2D eigenvalue weighted by Crippen LogP contribution is 2.31. The van der Waals surface area contributed by atoms with Crippen molar-refractivity contribution in [3.63, 3.8) is 0 Å². The predicted molar refractivity (Wildman–Crippen MR) is 76.3 cm³/mol. The smallest absolute Gasteiger partial charge is 0.298 e. The van der Waals surface area contributed by atoms with Gasteiger partial charge in [-0.1, -0.05) is 0 Å². The van der Waals surface area contributed by atoms with Gasteiger partial charge in [0.15, 0.2) is 5.82 Å². The number of piperidine rings is 1. The molecular formula is C14H19F2N3O2. The van der Waals surface area contributed by atoms with Crippen molar-refractivity contribution in [3.8, 4) is 0 Å². The number of anilines is 1. The number of likely N-dealkylation sites (tertiary alicyclic amines) is 1. The third-order valence-corrected chi connectivity index (χ3v) is 3.97. The van der Waals surface area contributed by atoms with Crippen LogP contribution < -0.4 is 5.32 Å². The Kier molecular flexibility index (Phi) is 4.72. The minimum Gasteiger partial charge on any atom is -0.374 e. The van der Waals surface area contributed by atoms with Crippen LogP contribution >= 0.6 is 0 Å². The van der Waals surface area contributed by atoms with Crippen LogP contribution in [0.15, 0.2) is 12.1 Å². The number of nitrogens with zero attached hydrogens (tertiary/aromatic N) is 2. The molecule has 1 aromatic rings. The summed E-state index contributed by atoms with van der Waals surface area (Å²) < 4.78 is 27.0. The van der Waals surface area contributed by atoms with E-state index in [0.29, 0.717) is 6.07 Å². The largest absolute Gasteiger partial charge is 0.374 e. The first-order valence-corrected chi connectivity index (χ1v) is 6.97. The maximum atomic E-state index is 13.9. The van der Waals surface area contributed by atoms with Gasteiger partial charge in [-0.05, 0) is 39.3 Å². The topological polar surface area (TPSA) is 58.4 Å². The van der Waals surface area contributed by atoms with Crippen LogP contribution in [0.25, 0.3) is 0 Å². The van der Waals surface area contributed by atoms with Gasteiger partial charge in [-0.25, -0.2) is 8.78 Å². The Balaban J connectivity index is 2.20. The highest BCUT2D eigenvalue weighted by molar-refractivity contribution is 5.63. The van der Waals surface area contributed by atoms with Crippen molar-refractivity contribution in [1.82, 2.24) is 4.90 Å². The van der Waals surface area contributed by atoms with E-state index >= 15 is 0 Å². The number of nitro benzene ring substituents is 1. The number of nitro groups is 1. The van der Waals surface area contributed by atoms with Crippen LogP contribution in [-0.4, -0.2) is 36.0 Å². The van der Waals surface area contributed by atoms with E-state index < -0.39 is 22.2 Å². The molecule has 2 unspecified atom stereocenters. The molecule has 0 amide bonds. The van der Waals surface area contributed by atoms with E-state index in [0.717, 1.165) is 32.0 Å². The Hall–Kier alpha value is -1.76. The van der Waals surface area contributed by atoms with E-state index in [4.69, 9.17) is 0 Å². The second-order valence-electron chi connectivity index (χ2n) is 5.64. The fraction of sp³-hybridized carbons (Fsp3) is 0.571. The lowest BCUT2D eigenvalue weighted by Crippen LogP contribution is -2.40. The summed E-state index contributed by atoms with van der Waals surface area (Å²) >= 11 is 0. The van der Waals surface area contributed by atoms with E-state index in [2.05, 4.69) is 10.2 Å². The molecule has 1 fully saturated rings. The predicted octanol–water partition coefficient (Wildman–Crippen LogP) is 3.02. The molecule has 7 heteroatoms. The zero-order chi connectivity index (χ0) is 15.6. The van der Waals surface area contributed by atoms with Crippen LogP contribution in [0.5, 0.6) is 0 Å². The number of nitrogens with one attached hydrogen (secondary N) is 1. The fourth-order valence-electron chi connectivity index (χ4n) is 2.81. The van der Waals surface area contributed by atoms with Crippen LogP contribution in [0.2, 0.25) is 0 Å². The molecule has 21 heavy (non-hydrogen) atoms. The molecule has 1 aliphatic rings. The summed E-state index contributed by atoms with van der Waals surface area (Å²) in [4.78, 5) is 12.4. The molecule has 0 aromatic heterocycles. The van der Waals surface area contributed by atoms with Gasteiger partial charge in [0.2, 0.25) is 0 Å². The zero-order valence-corrected chi connectivity index (χ0v) is 12.1. The summed E-state index contributed by atoms with van der Waals surface area (Å²) in [5.74, 6) is -1.61. The highest BCUT2D eigenvalue weighted by Gasteiger charge is 2.27. The van der Waals surface area contributed by atoms with Gasteiger partial charge in [0.1, 0.15) is 11.5 Å². The van der Waals surface area contributed by atoms with Crippen molar-refractivity contribution in [2.45, 2.75) is 25.8 Å². The van der Waals surface area contributed by atoms with Gasteiger partial charge >= 0.3 is 0 Å². The molecule has 0 bridgehead atoms. The van der Waals surface area contributed by atoms with Crippen molar-refractivity contribution < 1.29 is 13.7 Å². The molecule has 0 spiro atoms. The lowest BCUT2D eigenvalue weighted by Gasteiger charge is -2.34. The van der Waals surface area contributed by atoms with E-state index in [-0.39, 0.29) is 17.6 Å². The number of rotatable bonds is 4. The Morgan fingerprint density at radius 1 is 1.48 bits per heavy atom. The second kappa shape index (κ2) is 6.34. The first-order chi connectivity index (χ1) is 9.88. The second-order valence-corrected chi connectivity index (χ2v) is 5.64. The first-order valence-electron chi connectivity index (χ1n) is 6.97. The number of hydrogen-bond acceptors (Lipinski definition) is 4. The Labute approximate surface area is 122 Å². The molecule has 2 rings (SSSR count). The number of benzene rings is 1. The Morgan fingerprint density at radius 2 is 2.19 bits per heavy atom. The van der Waals surface area contributed by atoms with Crippen molar-refractivity contribution in [1.29, 1.82) is 0 Å². The van der Waals surface area contributed by atoms with Crippen LogP contribution in [0.1, 0.15) is 19.8 Å². The average Bonchev–Trinajstić information content (AvgIpc) is 2.41. The van der Waals surface area contributed by atoms with Gasteiger partial charge in [0.05, 0.1) is 11.0 Å². The molecule has 1 aromatic carbocycles. The third-order valence-electron chi connectivity index (χ3n) is 3.97. The lowest BCUT2D eigenvalue weighted by molar-refractivity contribution is -0.384. The molecule has 0 saturated carbocycles. The van der Waals surface area contributed by atoms with Crippen LogP contribution in [0, 0.1) is 27.7 Å². The van der Waals surface area contributed by atoms with Gasteiger partial charge in [0, 0.05) is 18.7 Å². The molecule has 1 aliphatic heterocycles. The fourth-order valence-corrected chi connectivity index (χ4v) is 2.81. The summed E-state index contributed by atoms with van der Waals surface area (Å²) in [6.07, 6.45) is 2.02. The van der Waals surface area contributed by atoms with E-state index in [1.807, 2.05) is 14.0 Å². The van der Waals surface area contributed by atoms with E-state index in [1.165, 1.54) is 0 Å². The van der Waals surface area contributed by atoms with Gasteiger partial charge in [-0.3, -0.25) is 10.1 Å². The molecule has 0 aliphatic carbocycles. The van der Waals surface area contributed by atoms with Crippen LogP contribution in [-0.2, 0) is 0 Å². The molecule has 5 nitrogen and oxygen atoms in total. The molecule has 1 heterocycles. The van der Waals surface area contributed by atoms with Gasteiger partial charge < -0.3 is 10.2 Å². The molecule has 1 N–H and O–H groups in total. The summed E-state index contributed by atoms with van der Waals surface area (Å²) in [6, 6.07) is 1.27. The molecule has 1 saturated heterocycles. The lowest BCUT2D eigenvalue weighted by atomic mass is 9.91. The van der Waals surface area contributed by atoms with Crippen molar-refractivity contribution in [3.05, 3.63) is 33.9 Å². The summed E-state index contributed by atoms with van der Waals surface area (Å²) in [6.45, 7) is 3.75. The summed E-state index contributed by atoms with van der Waals surface area (Å²) in [5, 5.41) is 13.8. The van der Waals surface area contributed by atoms with Crippen LogP contribution in [0.4, 0.5) is 20.2 Å². The minimum atomic E-state index is -0.949. The van der Waals surface area contributed by atoms with Crippen molar-refractivity contribution in [2.24, 2.45) is 5.92 Å². The van der Waals surface area contributed by atoms with E-state index in [1.54, 1.807) is 0 Å². The monoisotopic (exact) mass is 299 g/mol. The summed E-state index contributed by atoms with van der Waals surface area (Å²) in [7, 11) is 2.01. The van der Waals surface area contributed by atoms with Crippen molar-refractivity contribution >= 4 is 11.4 Å². The average molecular weight is 299 g/mol. The molecule has 2 atom stereocenters. The Morgan fingerprint density at radius 3 is 2.81 bits per heavy atom. The minimum absolute atomic E-state index is 0.133. The zero-order valence-electron chi connectivity index (χ0n) is 12.1. The molecular weight excluding hydrogens is 280 g/mol. The summed E-state index contributed by atoms with van der Waals surface area (Å²) in [5.41, 5.74) is -0.800. The SMILES string of the molecule is CC(Nc1c(F)cc(F)cc1[N+](=O)[O-])C1CCCN(C)C1. The standard InChI is InChI=1S/C14H19F2N3O2/c1-9(10-4-3-5-18(2)8-10)17-14-12(16)6-11(15)7-13(14)19(20)21/h6-7,9-10,17H,3-5,8H2,1-2H3. The normalized spacial score (nSPS) is 21.0. The first kappa shape index (κ1) is 15.6. The maximum Gasteiger partial charge on any atom is 0.298 e. The van der Waals surface area contributed by atoms with Gasteiger partial charge in [-0.15, -0.1) is 0 Å². The molecule has 0 radical (unpaired) electrons. The quantitative estimate of drug-likeness (QED) is 0.686. The molecule has 116 valence electrons.